The highest BCUT2D eigenvalue weighted by Crippen LogP contribution is 2.19. The lowest BCUT2D eigenvalue weighted by molar-refractivity contribution is 0.102. The van der Waals surface area contributed by atoms with Crippen LogP contribution in [-0.4, -0.2) is 16.5 Å². The lowest BCUT2D eigenvalue weighted by Crippen LogP contribution is -2.02. The number of rotatable bonds is 4. The minimum Gasteiger partial charge on any atom is -0.293 e. The van der Waals surface area contributed by atoms with Crippen molar-refractivity contribution < 1.29 is 4.79 Å². The second-order valence-electron chi connectivity index (χ2n) is 3.54. The molecule has 0 radical (unpaired) electrons. The molecule has 1 aromatic heterocycles. The lowest BCUT2D eigenvalue weighted by atomic mass is 10.1. The largest absolute Gasteiger partial charge is 0.293 e. The zero-order valence-electron chi connectivity index (χ0n) is 9.27. The molecule has 0 saturated carbocycles. The van der Waals surface area contributed by atoms with Gasteiger partial charge < -0.3 is 0 Å². The molecule has 0 atom stereocenters. The van der Waals surface area contributed by atoms with Gasteiger partial charge in [0.2, 0.25) is 0 Å². The Balaban J connectivity index is 1.98. The van der Waals surface area contributed by atoms with E-state index in [1.165, 1.54) is 11.8 Å². The molecule has 0 fully saturated rings. The van der Waals surface area contributed by atoms with E-state index in [9.17, 15) is 4.79 Å². The second kappa shape index (κ2) is 6.36. The number of hydrogen-bond acceptors (Lipinski definition) is 3. The molecule has 92 valence electrons. The summed E-state index contributed by atoms with van der Waals surface area (Å²) in [7, 11) is 0. The van der Waals surface area contributed by atoms with E-state index in [2.05, 4.69) is 20.9 Å². The van der Waals surface area contributed by atoms with Crippen LogP contribution in [0.5, 0.6) is 0 Å². The summed E-state index contributed by atoms with van der Waals surface area (Å²) in [6.45, 7) is 0. The molecule has 0 spiro atoms. The number of carbonyl (C=O) groups is 1. The Hall–Kier alpha value is -0.840. The Bertz CT molecular complexity index is 559. The van der Waals surface area contributed by atoms with E-state index in [1.54, 1.807) is 30.5 Å². The predicted molar refractivity (Wildman–Crippen MR) is 78.4 cm³/mol. The highest BCUT2D eigenvalue weighted by molar-refractivity contribution is 9.10. The van der Waals surface area contributed by atoms with Gasteiger partial charge >= 0.3 is 0 Å². The number of ketones is 1. The van der Waals surface area contributed by atoms with Gasteiger partial charge in [0, 0.05) is 21.3 Å². The number of halogens is 2. The summed E-state index contributed by atoms with van der Waals surface area (Å²) in [5.74, 6) is 0.404. The van der Waals surface area contributed by atoms with Gasteiger partial charge in [0.15, 0.2) is 5.78 Å². The maximum Gasteiger partial charge on any atom is 0.173 e. The van der Waals surface area contributed by atoms with Crippen LogP contribution in [0, 0.1) is 0 Å². The Kier molecular flexibility index (Phi) is 4.80. The fourth-order valence-electron chi connectivity index (χ4n) is 1.33. The number of aromatic nitrogens is 1. The van der Waals surface area contributed by atoms with Gasteiger partial charge in [-0.05, 0) is 40.2 Å². The van der Waals surface area contributed by atoms with E-state index in [-0.39, 0.29) is 5.78 Å². The van der Waals surface area contributed by atoms with E-state index in [0.717, 1.165) is 9.50 Å². The minimum atomic E-state index is 0.0484. The van der Waals surface area contributed by atoms with E-state index in [0.29, 0.717) is 16.3 Å². The number of carbonyl (C=O) groups excluding carboxylic acids is 1. The van der Waals surface area contributed by atoms with Crippen molar-refractivity contribution in [3.8, 4) is 0 Å². The van der Waals surface area contributed by atoms with Gasteiger partial charge in [0.25, 0.3) is 0 Å². The van der Waals surface area contributed by atoms with Gasteiger partial charge in [0.1, 0.15) is 0 Å². The standard InChI is InChI=1S/C13H9BrClNOS/c14-10-4-5-13(16-7-10)18-8-12(17)9-2-1-3-11(15)6-9/h1-7H,8H2. The van der Waals surface area contributed by atoms with Crippen molar-refractivity contribution >= 4 is 45.1 Å². The van der Waals surface area contributed by atoms with Gasteiger partial charge in [-0.25, -0.2) is 4.98 Å². The van der Waals surface area contributed by atoms with E-state index >= 15 is 0 Å². The molecule has 2 rings (SSSR count). The Morgan fingerprint density at radius 2 is 2.17 bits per heavy atom. The van der Waals surface area contributed by atoms with Gasteiger partial charge in [-0.3, -0.25) is 4.79 Å². The summed E-state index contributed by atoms with van der Waals surface area (Å²) in [4.78, 5) is 16.1. The molecule has 1 heterocycles. The number of Topliss-reactive ketones (excluding diaryl/α,β-unsaturated/α-hetero) is 1. The van der Waals surface area contributed by atoms with Crippen molar-refractivity contribution in [3.05, 3.63) is 57.7 Å². The lowest BCUT2D eigenvalue weighted by Gasteiger charge is -2.01. The third-order valence-electron chi connectivity index (χ3n) is 2.20. The first-order valence-corrected chi connectivity index (χ1v) is 7.34. The Morgan fingerprint density at radius 3 is 2.83 bits per heavy atom. The second-order valence-corrected chi connectivity index (χ2v) is 5.88. The van der Waals surface area contributed by atoms with Crippen LogP contribution in [0.25, 0.3) is 0 Å². The molecule has 1 aromatic carbocycles. The summed E-state index contributed by atoms with van der Waals surface area (Å²) in [5.41, 5.74) is 0.632. The molecule has 0 aliphatic carbocycles. The SMILES string of the molecule is O=C(CSc1ccc(Br)cn1)c1cccc(Cl)c1. The number of thioether (sulfide) groups is 1. The molecule has 0 aliphatic heterocycles. The molecule has 0 N–H and O–H groups in total. The number of hydrogen-bond donors (Lipinski definition) is 0. The van der Waals surface area contributed by atoms with E-state index in [1.807, 2.05) is 12.1 Å². The fraction of sp³-hybridized carbons (Fsp3) is 0.0769. The summed E-state index contributed by atoms with van der Waals surface area (Å²) >= 11 is 10.6. The van der Waals surface area contributed by atoms with Crippen LogP contribution in [0.15, 0.2) is 52.1 Å². The predicted octanol–water partition coefficient (Wildman–Crippen LogP) is 4.47. The summed E-state index contributed by atoms with van der Waals surface area (Å²) < 4.78 is 0.924. The van der Waals surface area contributed by atoms with E-state index < -0.39 is 0 Å². The Labute approximate surface area is 123 Å². The van der Waals surface area contributed by atoms with Crippen LogP contribution < -0.4 is 0 Å². The van der Waals surface area contributed by atoms with Gasteiger partial charge in [-0.15, -0.1) is 0 Å². The summed E-state index contributed by atoms with van der Waals surface area (Å²) in [5, 5.41) is 1.40. The Morgan fingerprint density at radius 1 is 1.33 bits per heavy atom. The van der Waals surface area contributed by atoms with Crippen LogP contribution >= 0.6 is 39.3 Å². The first kappa shape index (κ1) is 13.6. The molecule has 0 amide bonds. The summed E-state index contributed by atoms with van der Waals surface area (Å²) in [6, 6.07) is 10.8. The highest BCUT2D eigenvalue weighted by Gasteiger charge is 2.07. The number of pyridine rings is 1. The van der Waals surface area contributed by atoms with Crippen LogP contribution in [-0.2, 0) is 0 Å². The maximum absolute atomic E-state index is 11.9. The van der Waals surface area contributed by atoms with Crippen LogP contribution in [0.4, 0.5) is 0 Å². The molecular weight excluding hydrogens is 334 g/mol. The fourth-order valence-corrected chi connectivity index (χ4v) is 2.49. The average Bonchev–Trinajstić information content (AvgIpc) is 2.38. The molecule has 0 bridgehead atoms. The average molecular weight is 343 g/mol. The molecule has 5 heteroatoms. The van der Waals surface area contributed by atoms with Crippen molar-refractivity contribution in [2.45, 2.75) is 5.03 Å². The first-order chi connectivity index (χ1) is 8.65. The zero-order valence-corrected chi connectivity index (χ0v) is 12.4. The molecule has 18 heavy (non-hydrogen) atoms. The van der Waals surface area contributed by atoms with Crippen LogP contribution in [0.2, 0.25) is 5.02 Å². The van der Waals surface area contributed by atoms with Crippen molar-refractivity contribution in [1.29, 1.82) is 0 Å². The highest BCUT2D eigenvalue weighted by atomic mass is 79.9. The first-order valence-electron chi connectivity index (χ1n) is 5.18. The van der Waals surface area contributed by atoms with Crippen molar-refractivity contribution in [1.82, 2.24) is 4.98 Å². The number of benzene rings is 1. The van der Waals surface area contributed by atoms with E-state index in [4.69, 9.17) is 11.6 Å². The third kappa shape index (κ3) is 3.83. The van der Waals surface area contributed by atoms with Crippen LogP contribution in [0.3, 0.4) is 0 Å². The quantitative estimate of drug-likeness (QED) is 0.606. The van der Waals surface area contributed by atoms with Crippen molar-refractivity contribution in [2.75, 3.05) is 5.75 Å². The summed E-state index contributed by atoms with van der Waals surface area (Å²) in [6.07, 6.45) is 1.71. The normalized spacial score (nSPS) is 10.3. The monoisotopic (exact) mass is 341 g/mol. The number of nitrogens with zero attached hydrogens (tertiary/aromatic N) is 1. The minimum absolute atomic E-state index is 0.0484. The molecule has 0 saturated heterocycles. The smallest absolute Gasteiger partial charge is 0.173 e. The third-order valence-corrected chi connectivity index (χ3v) is 3.85. The van der Waals surface area contributed by atoms with Gasteiger partial charge in [-0.2, -0.15) is 0 Å². The van der Waals surface area contributed by atoms with Crippen molar-refractivity contribution in [2.24, 2.45) is 0 Å². The van der Waals surface area contributed by atoms with Gasteiger partial charge in [0.05, 0.1) is 10.8 Å². The molecule has 0 aliphatic rings. The van der Waals surface area contributed by atoms with Crippen molar-refractivity contribution in [3.63, 3.8) is 0 Å². The molecule has 0 unspecified atom stereocenters. The zero-order chi connectivity index (χ0) is 13.0. The molecule has 2 nitrogen and oxygen atoms in total. The van der Waals surface area contributed by atoms with Gasteiger partial charge in [-0.1, -0.05) is 35.5 Å². The molecule has 2 aromatic rings. The maximum atomic E-state index is 11.9. The topological polar surface area (TPSA) is 30.0 Å². The van der Waals surface area contributed by atoms with Crippen LogP contribution in [0.1, 0.15) is 10.4 Å². The molecular formula is C13H9BrClNOS.